The van der Waals surface area contributed by atoms with Crippen LogP contribution < -0.4 is 26.6 Å². The first-order valence-electron chi connectivity index (χ1n) is 14.1. The lowest BCUT2D eigenvalue weighted by Gasteiger charge is -2.15. The Hall–Kier alpha value is -4.13. The van der Waals surface area contributed by atoms with E-state index in [0.29, 0.717) is 5.13 Å². The van der Waals surface area contributed by atoms with Crippen LogP contribution in [0.4, 0.5) is 37.9 Å². The second-order valence-corrected chi connectivity index (χ2v) is 12.9. The molecule has 12 heteroatoms. The molecule has 1 aliphatic heterocycles. The van der Waals surface area contributed by atoms with Gasteiger partial charge < -0.3 is 21.2 Å². The van der Waals surface area contributed by atoms with Crippen molar-refractivity contribution in [2.75, 3.05) is 39.7 Å². The van der Waals surface area contributed by atoms with Crippen molar-refractivity contribution in [3.63, 3.8) is 0 Å². The van der Waals surface area contributed by atoms with Crippen molar-refractivity contribution >= 4 is 72.5 Å². The number of benzene rings is 3. The van der Waals surface area contributed by atoms with Crippen molar-refractivity contribution in [3.05, 3.63) is 95.6 Å². The van der Waals surface area contributed by atoms with Gasteiger partial charge in [0.1, 0.15) is 5.00 Å². The molecule has 0 radical (unpaired) electrons. The van der Waals surface area contributed by atoms with E-state index in [1.165, 1.54) is 34.9 Å². The largest absolute Gasteiger partial charge is 0.363 e. The third kappa shape index (κ3) is 7.83. The van der Waals surface area contributed by atoms with Crippen molar-refractivity contribution in [1.29, 1.82) is 0 Å². The third-order valence-electron chi connectivity index (χ3n) is 6.96. The molecule has 1 saturated heterocycles. The SMILES string of the molecule is Cc1cc(NNc2ccc(NNc3ccc(N4CCCC4)s3)cc2C)ccc1N=Nc1nc(SCc2ccccc2)ns1. The smallest absolute Gasteiger partial charge is 0.250 e. The maximum atomic E-state index is 4.49. The Morgan fingerprint density at radius 3 is 2.37 bits per heavy atom. The van der Waals surface area contributed by atoms with E-state index in [1.54, 1.807) is 23.1 Å². The number of hydrogen-bond acceptors (Lipinski definition) is 12. The van der Waals surface area contributed by atoms with Crippen molar-refractivity contribution in [1.82, 2.24) is 9.36 Å². The molecule has 1 aliphatic rings. The number of thiophene rings is 1. The second-order valence-electron chi connectivity index (χ2n) is 10.2. The highest BCUT2D eigenvalue weighted by Crippen LogP contribution is 2.33. The van der Waals surface area contributed by atoms with Crippen LogP contribution in [0.3, 0.4) is 0 Å². The fraction of sp³-hybridized carbons (Fsp3) is 0.226. The number of azo groups is 1. The zero-order valence-electron chi connectivity index (χ0n) is 24.0. The number of hydrogen-bond donors (Lipinski definition) is 4. The lowest BCUT2D eigenvalue weighted by atomic mass is 10.2. The molecule has 0 bridgehead atoms. The van der Waals surface area contributed by atoms with Gasteiger partial charge in [-0.1, -0.05) is 53.4 Å². The summed E-state index contributed by atoms with van der Waals surface area (Å²) in [6.45, 7) is 6.41. The number of nitrogens with zero attached hydrogens (tertiary/aromatic N) is 5. The number of thioether (sulfide) groups is 1. The molecule has 1 fully saturated rings. The molecule has 43 heavy (non-hydrogen) atoms. The molecule has 9 nitrogen and oxygen atoms in total. The van der Waals surface area contributed by atoms with Crippen molar-refractivity contribution < 1.29 is 0 Å². The summed E-state index contributed by atoms with van der Waals surface area (Å²) in [5.74, 6) is 0.822. The van der Waals surface area contributed by atoms with Gasteiger partial charge >= 0.3 is 0 Å². The first kappa shape index (κ1) is 29.0. The van der Waals surface area contributed by atoms with Gasteiger partial charge in [0.2, 0.25) is 10.3 Å². The summed E-state index contributed by atoms with van der Waals surface area (Å²) in [4.78, 5) is 6.94. The van der Waals surface area contributed by atoms with Gasteiger partial charge in [0.15, 0.2) is 0 Å². The number of nitrogens with one attached hydrogen (secondary N) is 4. The summed E-state index contributed by atoms with van der Waals surface area (Å²) in [5, 5.41) is 12.4. The molecule has 3 aromatic carbocycles. The summed E-state index contributed by atoms with van der Waals surface area (Å²) < 4.78 is 4.40. The van der Waals surface area contributed by atoms with Gasteiger partial charge in [-0.15, -0.1) is 10.2 Å². The van der Waals surface area contributed by atoms with Crippen LogP contribution in [0.5, 0.6) is 0 Å². The van der Waals surface area contributed by atoms with E-state index in [0.717, 1.165) is 62.9 Å². The summed E-state index contributed by atoms with van der Waals surface area (Å²) in [5.41, 5.74) is 20.4. The molecule has 0 atom stereocenters. The minimum atomic E-state index is 0.546. The van der Waals surface area contributed by atoms with Crippen LogP contribution >= 0.6 is 34.6 Å². The number of hydrazine groups is 2. The summed E-state index contributed by atoms with van der Waals surface area (Å²) in [6.07, 6.45) is 2.57. The van der Waals surface area contributed by atoms with E-state index in [2.05, 4.69) is 89.5 Å². The van der Waals surface area contributed by atoms with Gasteiger partial charge in [-0.3, -0.25) is 5.43 Å². The van der Waals surface area contributed by atoms with Crippen LogP contribution in [0, 0.1) is 13.8 Å². The van der Waals surface area contributed by atoms with Gasteiger partial charge in [-0.05, 0) is 91.9 Å². The molecule has 0 unspecified atom stereocenters. The van der Waals surface area contributed by atoms with Crippen molar-refractivity contribution in [3.8, 4) is 0 Å². The fourth-order valence-electron chi connectivity index (χ4n) is 4.62. The molecule has 0 aliphatic carbocycles. The summed E-state index contributed by atoms with van der Waals surface area (Å²) in [7, 11) is 0. The van der Waals surface area contributed by atoms with Gasteiger partial charge in [-0.2, -0.15) is 9.36 Å². The van der Waals surface area contributed by atoms with E-state index < -0.39 is 0 Å². The molecule has 0 saturated carbocycles. The fourth-order valence-corrected chi connectivity index (χ4v) is 6.96. The number of aromatic nitrogens is 2. The number of rotatable bonds is 12. The van der Waals surface area contributed by atoms with Crippen LogP contribution in [-0.4, -0.2) is 22.4 Å². The van der Waals surface area contributed by atoms with E-state index in [9.17, 15) is 0 Å². The van der Waals surface area contributed by atoms with Gasteiger partial charge in [-0.25, -0.2) is 0 Å². The van der Waals surface area contributed by atoms with Crippen LogP contribution in [0.1, 0.15) is 29.5 Å². The van der Waals surface area contributed by atoms with Crippen LogP contribution in [-0.2, 0) is 5.75 Å². The lowest BCUT2D eigenvalue weighted by molar-refractivity contribution is 0.949. The maximum Gasteiger partial charge on any atom is 0.250 e. The van der Waals surface area contributed by atoms with Crippen molar-refractivity contribution in [2.24, 2.45) is 10.2 Å². The van der Waals surface area contributed by atoms with E-state index in [1.807, 2.05) is 49.4 Å². The van der Waals surface area contributed by atoms with Crippen LogP contribution in [0.15, 0.2) is 94.2 Å². The van der Waals surface area contributed by atoms with E-state index in [4.69, 9.17) is 0 Å². The molecule has 4 N–H and O–H groups in total. The first-order valence-corrected chi connectivity index (χ1v) is 16.7. The average molecular weight is 628 g/mol. The Labute approximate surface area is 264 Å². The number of aryl methyl sites for hydroxylation is 2. The Balaban J connectivity index is 0.985. The van der Waals surface area contributed by atoms with Gasteiger partial charge in [0, 0.05) is 30.4 Å². The number of anilines is 5. The average Bonchev–Trinajstić information content (AvgIpc) is 3.81. The molecule has 0 spiro atoms. The second kappa shape index (κ2) is 13.9. The molecular weight excluding hydrogens is 595 g/mol. The molecule has 0 amide bonds. The summed E-state index contributed by atoms with van der Waals surface area (Å²) in [6, 6.07) is 26.8. The molecule has 2 aromatic heterocycles. The normalized spacial score (nSPS) is 13.0. The Bertz CT molecular complexity index is 1680. The first-order chi connectivity index (χ1) is 21.1. The Kier molecular flexibility index (Phi) is 9.36. The zero-order valence-corrected chi connectivity index (χ0v) is 26.5. The van der Waals surface area contributed by atoms with Crippen molar-refractivity contribution in [2.45, 2.75) is 37.6 Å². The van der Waals surface area contributed by atoms with Crippen LogP contribution in [0.25, 0.3) is 0 Å². The minimum Gasteiger partial charge on any atom is -0.363 e. The zero-order chi connectivity index (χ0) is 29.4. The lowest BCUT2D eigenvalue weighted by Crippen LogP contribution is -2.15. The minimum absolute atomic E-state index is 0.546. The highest BCUT2D eigenvalue weighted by atomic mass is 32.2. The Morgan fingerprint density at radius 1 is 0.814 bits per heavy atom. The monoisotopic (exact) mass is 627 g/mol. The van der Waals surface area contributed by atoms with E-state index >= 15 is 0 Å². The highest BCUT2D eigenvalue weighted by Gasteiger charge is 2.14. The van der Waals surface area contributed by atoms with E-state index in [-0.39, 0.29) is 0 Å². The maximum absolute atomic E-state index is 4.49. The predicted molar refractivity (Wildman–Crippen MR) is 183 cm³/mol. The molecule has 220 valence electrons. The molecular formula is C31H33N9S3. The topological polar surface area (TPSA) is 102 Å². The standard InChI is InChI=1S/C31H33N9S3/c1-21-19-25(34-37-28-14-15-29(42-28)40-16-6-7-17-40)11-12-26(21)35-33-24-10-13-27(22(2)18-24)36-38-30-32-31(39-43-30)41-20-23-8-4-3-5-9-23/h3-5,8-15,18-19,33-35,37H,6-7,16-17,20H2,1-2H3. The molecule has 3 heterocycles. The predicted octanol–water partition coefficient (Wildman–Crippen LogP) is 9.40. The van der Waals surface area contributed by atoms with Crippen LogP contribution in [0.2, 0.25) is 0 Å². The third-order valence-corrected chi connectivity index (χ3v) is 9.65. The highest BCUT2D eigenvalue weighted by molar-refractivity contribution is 7.98. The molecule has 6 rings (SSSR count). The van der Waals surface area contributed by atoms with Gasteiger partial charge in [0.05, 0.1) is 27.8 Å². The molecule has 5 aromatic rings. The Morgan fingerprint density at radius 2 is 1.58 bits per heavy atom. The quantitative estimate of drug-likeness (QED) is 0.0616. The summed E-state index contributed by atoms with van der Waals surface area (Å²) >= 11 is 4.63. The van der Waals surface area contributed by atoms with Gasteiger partial charge in [0.25, 0.3) is 0 Å².